The van der Waals surface area contributed by atoms with Crippen LogP contribution in [0.4, 0.5) is 0 Å². The average molecular weight is 374 g/mol. The lowest BCUT2D eigenvalue weighted by Crippen LogP contribution is -2.38. The molecule has 27 heavy (non-hydrogen) atoms. The molecule has 0 saturated carbocycles. The lowest BCUT2D eigenvalue weighted by atomic mass is 10.1. The molecule has 0 saturated heterocycles. The van der Waals surface area contributed by atoms with Crippen LogP contribution in [0, 0.1) is 6.92 Å². The summed E-state index contributed by atoms with van der Waals surface area (Å²) in [5, 5.41) is 5.43. The Bertz CT molecular complexity index is 784. The van der Waals surface area contributed by atoms with E-state index in [9.17, 15) is 9.59 Å². The number of ether oxygens (including phenoxy) is 2. The second-order valence-electron chi connectivity index (χ2n) is 6.12. The van der Waals surface area contributed by atoms with Crippen molar-refractivity contribution in [2.24, 2.45) is 0 Å². The average Bonchev–Trinajstić information content (AvgIpc) is 3.10. The number of nitrogens with one attached hydrogen (secondary N) is 2. The van der Waals surface area contributed by atoms with Crippen molar-refractivity contribution in [1.29, 1.82) is 0 Å². The molecule has 2 N–H and O–H groups in total. The number of carbonyl (C=O) groups is 2. The monoisotopic (exact) mass is 374 g/mol. The van der Waals surface area contributed by atoms with Crippen LogP contribution < -0.4 is 20.1 Å². The van der Waals surface area contributed by atoms with E-state index >= 15 is 0 Å². The molecule has 2 rings (SSSR count). The predicted molar refractivity (Wildman–Crippen MR) is 101 cm³/mol. The summed E-state index contributed by atoms with van der Waals surface area (Å²) in [5.41, 5.74) is 1.30. The zero-order chi connectivity index (χ0) is 19.8. The highest BCUT2D eigenvalue weighted by Crippen LogP contribution is 2.30. The van der Waals surface area contributed by atoms with E-state index in [1.807, 2.05) is 32.0 Å². The molecule has 1 aromatic heterocycles. The fraction of sp³-hybridized carbons (Fsp3) is 0.400. The fourth-order valence-electron chi connectivity index (χ4n) is 2.54. The van der Waals surface area contributed by atoms with Crippen molar-refractivity contribution >= 4 is 11.8 Å². The predicted octanol–water partition coefficient (Wildman–Crippen LogP) is 2.99. The van der Waals surface area contributed by atoms with Gasteiger partial charge in [-0.15, -0.1) is 0 Å². The molecule has 0 bridgehead atoms. The van der Waals surface area contributed by atoms with Crippen LogP contribution in [0.5, 0.6) is 11.5 Å². The van der Waals surface area contributed by atoms with E-state index in [0.717, 1.165) is 12.0 Å². The van der Waals surface area contributed by atoms with Gasteiger partial charge in [0, 0.05) is 0 Å². The van der Waals surface area contributed by atoms with Crippen LogP contribution in [0.25, 0.3) is 0 Å². The van der Waals surface area contributed by atoms with Gasteiger partial charge in [-0.2, -0.15) is 0 Å². The second kappa shape index (κ2) is 9.66. The molecule has 2 amide bonds. The van der Waals surface area contributed by atoms with Crippen molar-refractivity contribution < 1.29 is 23.5 Å². The first kappa shape index (κ1) is 20.4. The number of amides is 2. The summed E-state index contributed by atoms with van der Waals surface area (Å²) < 4.78 is 16.1. The van der Waals surface area contributed by atoms with Gasteiger partial charge in [-0.25, -0.2) is 0 Å². The van der Waals surface area contributed by atoms with Gasteiger partial charge in [0.2, 0.25) is 5.91 Å². The summed E-state index contributed by atoms with van der Waals surface area (Å²) in [7, 11) is 1.58. The lowest BCUT2D eigenvalue weighted by Gasteiger charge is -2.17. The van der Waals surface area contributed by atoms with Crippen LogP contribution in [-0.4, -0.2) is 32.1 Å². The van der Waals surface area contributed by atoms with Gasteiger partial charge in [-0.3, -0.25) is 9.59 Å². The van der Waals surface area contributed by atoms with E-state index in [1.54, 1.807) is 20.1 Å². The maximum absolute atomic E-state index is 12.1. The first-order chi connectivity index (χ1) is 13.0. The number of aryl methyl sites for hydroxylation is 1. The van der Waals surface area contributed by atoms with Crippen LogP contribution in [0.2, 0.25) is 0 Å². The molecule has 1 atom stereocenters. The minimum Gasteiger partial charge on any atom is -0.493 e. The van der Waals surface area contributed by atoms with Crippen molar-refractivity contribution in [2.75, 3.05) is 20.3 Å². The summed E-state index contributed by atoms with van der Waals surface area (Å²) in [6.07, 6.45) is 2.34. The normalized spacial score (nSPS) is 11.6. The Balaban J connectivity index is 1.91. The SMILES string of the molecule is CCCOc1ccc(C(C)NC(=O)CNC(=O)c2ccoc2C)cc1OC. The maximum Gasteiger partial charge on any atom is 0.255 e. The second-order valence-corrected chi connectivity index (χ2v) is 6.12. The van der Waals surface area contributed by atoms with Gasteiger partial charge in [-0.05, 0) is 44.0 Å². The molecule has 0 spiro atoms. The van der Waals surface area contributed by atoms with E-state index in [1.165, 1.54) is 6.26 Å². The van der Waals surface area contributed by atoms with E-state index in [4.69, 9.17) is 13.9 Å². The minimum atomic E-state index is -0.344. The fourth-order valence-corrected chi connectivity index (χ4v) is 2.54. The van der Waals surface area contributed by atoms with Crippen molar-refractivity contribution in [1.82, 2.24) is 10.6 Å². The Morgan fingerprint density at radius 1 is 1.22 bits per heavy atom. The van der Waals surface area contributed by atoms with Crippen LogP contribution in [-0.2, 0) is 4.79 Å². The Morgan fingerprint density at radius 2 is 2.00 bits per heavy atom. The van der Waals surface area contributed by atoms with Crippen LogP contribution in [0.15, 0.2) is 34.9 Å². The molecule has 1 unspecified atom stereocenters. The summed E-state index contributed by atoms with van der Waals surface area (Å²) >= 11 is 0. The van der Waals surface area contributed by atoms with E-state index in [-0.39, 0.29) is 24.4 Å². The largest absolute Gasteiger partial charge is 0.493 e. The van der Waals surface area contributed by atoms with Gasteiger partial charge in [0.05, 0.1) is 38.1 Å². The third-order valence-corrected chi connectivity index (χ3v) is 4.04. The minimum absolute atomic E-state index is 0.122. The van der Waals surface area contributed by atoms with Crippen LogP contribution in [0.1, 0.15) is 48.0 Å². The van der Waals surface area contributed by atoms with Gasteiger partial charge in [-0.1, -0.05) is 13.0 Å². The zero-order valence-corrected chi connectivity index (χ0v) is 16.1. The van der Waals surface area contributed by atoms with E-state index in [0.29, 0.717) is 29.4 Å². The molecule has 1 aromatic carbocycles. The van der Waals surface area contributed by atoms with Gasteiger partial charge in [0.15, 0.2) is 11.5 Å². The topological polar surface area (TPSA) is 89.8 Å². The molecular weight excluding hydrogens is 348 g/mol. The van der Waals surface area contributed by atoms with Gasteiger partial charge < -0.3 is 24.5 Å². The van der Waals surface area contributed by atoms with Crippen molar-refractivity contribution in [3.63, 3.8) is 0 Å². The number of hydrogen-bond donors (Lipinski definition) is 2. The van der Waals surface area contributed by atoms with Crippen molar-refractivity contribution in [2.45, 2.75) is 33.2 Å². The lowest BCUT2D eigenvalue weighted by molar-refractivity contribution is -0.120. The highest BCUT2D eigenvalue weighted by molar-refractivity contribution is 5.97. The quantitative estimate of drug-likeness (QED) is 0.704. The molecule has 0 aliphatic rings. The highest BCUT2D eigenvalue weighted by Gasteiger charge is 2.15. The van der Waals surface area contributed by atoms with Crippen molar-refractivity contribution in [3.8, 4) is 11.5 Å². The third kappa shape index (κ3) is 5.51. The van der Waals surface area contributed by atoms with Gasteiger partial charge >= 0.3 is 0 Å². The standard InChI is InChI=1S/C20H26N2O5/c1-5-9-27-17-7-6-15(11-18(17)25-4)13(2)22-19(23)12-21-20(24)16-8-10-26-14(16)3/h6-8,10-11,13H,5,9,12H2,1-4H3,(H,21,24)(H,22,23). The molecule has 0 radical (unpaired) electrons. The summed E-state index contributed by atoms with van der Waals surface area (Å²) in [6.45, 7) is 6.07. The Morgan fingerprint density at radius 3 is 2.63 bits per heavy atom. The molecule has 7 nitrogen and oxygen atoms in total. The van der Waals surface area contributed by atoms with Crippen molar-refractivity contribution in [3.05, 3.63) is 47.4 Å². The zero-order valence-electron chi connectivity index (χ0n) is 16.1. The summed E-state index contributed by atoms with van der Waals surface area (Å²) in [6, 6.07) is 6.87. The molecule has 2 aromatic rings. The van der Waals surface area contributed by atoms with Gasteiger partial charge in [0.25, 0.3) is 5.91 Å². The molecular formula is C20H26N2O5. The molecule has 0 aliphatic carbocycles. The number of hydrogen-bond acceptors (Lipinski definition) is 5. The number of carbonyl (C=O) groups excluding carboxylic acids is 2. The Hall–Kier alpha value is -2.96. The Kier molecular flexibility index (Phi) is 7.28. The van der Waals surface area contributed by atoms with Crippen LogP contribution >= 0.6 is 0 Å². The maximum atomic E-state index is 12.1. The third-order valence-electron chi connectivity index (χ3n) is 4.04. The Labute approximate surface area is 159 Å². The van der Waals surface area contributed by atoms with Crippen LogP contribution in [0.3, 0.4) is 0 Å². The number of methoxy groups -OCH3 is 1. The smallest absolute Gasteiger partial charge is 0.255 e. The summed E-state index contributed by atoms with van der Waals surface area (Å²) in [5.74, 6) is 1.17. The first-order valence-corrected chi connectivity index (χ1v) is 8.88. The molecule has 0 aliphatic heterocycles. The number of benzene rings is 1. The highest BCUT2D eigenvalue weighted by atomic mass is 16.5. The number of furan rings is 1. The molecule has 7 heteroatoms. The number of rotatable bonds is 9. The molecule has 1 heterocycles. The van der Waals surface area contributed by atoms with E-state index < -0.39 is 0 Å². The van der Waals surface area contributed by atoms with E-state index in [2.05, 4.69) is 10.6 Å². The summed E-state index contributed by atoms with van der Waals surface area (Å²) in [4.78, 5) is 24.2. The molecule has 0 fully saturated rings. The molecule has 146 valence electrons. The first-order valence-electron chi connectivity index (χ1n) is 8.88. The van der Waals surface area contributed by atoms with Gasteiger partial charge in [0.1, 0.15) is 5.76 Å².